The minimum Gasteiger partial charge on any atom is -0.486 e. The number of hydrogen-bond acceptors (Lipinski definition) is 6. The second-order valence-electron chi connectivity index (χ2n) is 6.21. The largest absolute Gasteiger partial charge is 0.486 e. The molecule has 0 saturated heterocycles. The Morgan fingerprint density at radius 1 is 1.04 bits per heavy atom. The third kappa shape index (κ3) is 2.94. The smallest absolute Gasteiger partial charge is 0.280 e. The van der Waals surface area contributed by atoms with Gasteiger partial charge in [-0.3, -0.25) is 4.79 Å². The number of anilines is 1. The van der Waals surface area contributed by atoms with E-state index in [9.17, 15) is 4.79 Å². The predicted molar refractivity (Wildman–Crippen MR) is 102 cm³/mol. The lowest BCUT2D eigenvalue weighted by molar-refractivity contribution is 0.0979. The number of nitrogens with zero attached hydrogens (tertiary/aromatic N) is 2. The van der Waals surface area contributed by atoms with Crippen molar-refractivity contribution in [1.82, 2.24) is 5.16 Å². The number of hydrogen-bond donors (Lipinski definition) is 0. The average Bonchev–Trinajstić information content (AvgIpc) is 3.23. The van der Waals surface area contributed by atoms with Crippen LogP contribution in [0.1, 0.15) is 10.5 Å². The zero-order valence-corrected chi connectivity index (χ0v) is 15.2. The molecule has 0 atom stereocenters. The molecule has 3 heterocycles. The van der Waals surface area contributed by atoms with Gasteiger partial charge in [0.1, 0.15) is 13.2 Å². The molecule has 0 saturated carbocycles. The molecule has 3 aromatic rings. The van der Waals surface area contributed by atoms with E-state index in [1.807, 2.05) is 42.5 Å². The van der Waals surface area contributed by atoms with E-state index in [0.29, 0.717) is 42.7 Å². The quantitative estimate of drug-likeness (QED) is 0.673. The number of rotatable bonds is 2. The molecule has 2 aliphatic heterocycles. The van der Waals surface area contributed by atoms with Crippen LogP contribution in [0.3, 0.4) is 0 Å². The fourth-order valence-electron chi connectivity index (χ4n) is 3.23. The molecule has 1 amide bonds. The fourth-order valence-corrected chi connectivity index (χ4v) is 4.22. The van der Waals surface area contributed by atoms with Crippen molar-refractivity contribution < 1.29 is 18.8 Å². The van der Waals surface area contributed by atoms with Crippen molar-refractivity contribution >= 4 is 23.4 Å². The standard InChI is InChI=1S/C20H16N2O4S/c23-20(22-7-10-27-19-4-2-1-3-15(19)22)14-12-17(26-21-14)13-5-6-16-18(11-13)25-9-8-24-16/h1-6,11-12H,7-10H2. The van der Waals surface area contributed by atoms with Gasteiger partial charge in [-0.15, -0.1) is 11.8 Å². The SMILES string of the molecule is O=C(c1cc(-c2ccc3c(c2)OCCO3)on1)N1CCSc2ccccc21. The Labute approximate surface area is 160 Å². The Kier molecular flexibility index (Phi) is 4.01. The molecular formula is C20H16N2O4S. The highest BCUT2D eigenvalue weighted by atomic mass is 32.2. The van der Waals surface area contributed by atoms with Gasteiger partial charge in [-0.05, 0) is 30.3 Å². The molecule has 2 aromatic carbocycles. The molecule has 136 valence electrons. The number of fused-ring (bicyclic) bond motifs is 2. The molecule has 0 N–H and O–H groups in total. The minimum absolute atomic E-state index is 0.157. The van der Waals surface area contributed by atoms with E-state index in [4.69, 9.17) is 14.0 Å². The van der Waals surface area contributed by atoms with E-state index >= 15 is 0 Å². The number of carbonyl (C=O) groups excluding carboxylic acids is 1. The molecule has 0 fully saturated rings. The Balaban J connectivity index is 1.44. The maximum absolute atomic E-state index is 13.0. The Morgan fingerprint density at radius 3 is 2.81 bits per heavy atom. The second kappa shape index (κ2) is 6.66. The van der Waals surface area contributed by atoms with Crippen molar-refractivity contribution in [3.05, 3.63) is 54.2 Å². The highest BCUT2D eigenvalue weighted by molar-refractivity contribution is 7.99. The molecule has 0 radical (unpaired) electrons. The van der Waals surface area contributed by atoms with Crippen molar-refractivity contribution in [3.8, 4) is 22.8 Å². The van der Waals surface area contributed by atoms with Gasteiger partial charge in [0.2, 0.25) is 0 Å². The molecule has 0 aliphatic carbocycles. The predicted octanol–water partition coefficient (Wildman–Crippen LogP) is 3.87. The summed E-state index contributed by atoms with van der Waals surface area (Å²) in [5.74, 6) is 2.61. The number of para-hydroxylation sites is 1. The van der Waals surface area contributed by atoms with Gasteiger partial charge in [-0.1, -0.05) is 17.3 Å². The van der Waals surface area contributed by atoms with E-state index in [0.717, 1.165) is 21.9 Å². The summed E-state index contributed by atoms with van der Waals surface area (Å²) in [7, 11) is 0. The van der Waals surface area contributed by atoms with Crippen LogP contribution in [-0.4, -0.2) is 36.6 Å². The highest BCUT2D eigenvalue weighted by Gasteiger charge is 2.26. The minimum atomic E-state index is -0.157. The van der Waals surface area contributed by atoms with Gasteiger partial charge in [0, 0.05) is 28.8 Å². The first-order chi connectivity index (χ1) is 13.3. The van der Waals surface area contributed by atoms with Crippen LogP contribution < -0.4 is 14.4 Å². The van der Waals surface area contributed by atoms with Gasteiger partial charge >= 0.3 is 0 Å². The van der Waals surface area contributed by atoms with E-state index in [1.54, 1.807) is 22.7 Å². The first-order valence-electron chi connectivity index (χ1n) is 8.70. The van der Waals surface area contributed by atoms with Crippen molar-refractivity contribution in [3.63, 3.8) is 0 Å². The Hall–Kier alpha value is -2.93. The molecular weight excluding hydrogens is 364 g/mol. The van der Waals surface area contributed by atoms with Gasteiger partial charge in [0.05, 0.1) is 5.69 Å². The third-order valence-corrected chi connectivity index (χ3v) is 5.57. The zero-order valence-electron chi connectivity index (χ0n) is 14.4. The van der Waals surface area contributed by atoms with Crippen LogP contribution in [0.2, 0.25) is 0 Å². The summed E-state index contributed by atoms with van der Waals surface area (Å²) in [6, 6.07) is 15.1. The number of aromatic nitrogens is 1. The van der Waals surface area contributed by atoms with E-state index in [-0.39, 0.29) is 5.91 Å². The van der Waals surface area contributed by atoms with Crippen LogP contribution in [0.5, 0.6) is 11.5 Å². The molecule has 6 nitrogen and oxygen atoms in total. The lowest BCUT2D eigenvalue weighted by Gasteiger charge is -2.28. The van der Waals surface area contributed by atoms with Gasteiger partial charge in [-0.25, -0.2) is 0 Å². The summed E-state index contributed by atoms with van der Waals surface area (Å²) >= 11 is 1.76. The summed E-state index contributed by atoms with van der Waals surface area (Å²) in [5, 5.41) is 4.01. The van der Waals surface area contributed by atoms with Gasteiger partial charge < -0.3 is 18.9 Å². The summed E-state index contributed by atoms with van der Waals surface area (Å²) in [5.41, 5.74) is 2.00. The fraction of sp³-hybridized carbons (Fsp3) is 0.200. The lowest BCUT2D eigenvalue weighted by atomic mass is 10.1. The normalized spacial score (nSPS) is 15.3. The van der Waals surface area contributed by atoms with Crippen molar-refractivity contribution in [1.29, 1.82) is 0 Å². The number of thioether (sulfide) groups is 1. The molecule has 1 aromatic heterocycles. The van der Waals surface area contributed by atoms with E-state index in [2.05, 4.69) is 5.16 Å². The Bertz CT molecular complexity index is 1020. The van der Waals surface area contributed by atoms with E-state index < -0.39 is 0 Å². The van der Waals surface area contributed by atoms with Crippen LogP contribution >= 0.6 is 11.8 Å². The van der Waals surface area contributed by atoms with Crippen molar-refractivity contribution in [2.24, 2.45) is 0 Å². The number of carbonyl (C=O) groups is 1. The van der Waals surface area contributed by atoms with Crippen LogP contribution in [-0.2, 0) is 0 Å². The second-order valence-corrected chi connectivity index (χ2v) is 7.34. The average molecular weight is 380 g/mol. The van der Waals surface area contributed by atoms with Crippen molar-refractivity contribution in [2.45, 2.75) is 4.90 Å². The topological polar surface area (TPSA) is 64.8 Å². The molecule has 5 rings (SSSR count). The zero-order chi connectivity index (χ0) is 18.2. The molecule has 0 spiro atoms. The number of benzene rings is 2. The first-order valence-corrected chi connectivity index (χ1v) is 9.68. The van der Waals surface area contributed by atoms with Gasteiger partial charge in [-0.2, -0.15) is 0 Å². The summed E-state index contributed by atoms with van der Waals surface area (Å²) in [6.07, 6.45) is 0. The van der Waals surface area contributed by atoms with Crippen LogP contribution in [0.15, 0.2) is 57.9 Å². The molecule has 0 unspecified atom stereocenters. The molecule has 7 heteroatoms. The first kappa shape index (κ1) is 16.3. The van der Waals surface area contributed by atoms with Crippen molar-refractivity contribution in [2.75, 3.05) is 30.4 Å². The molecule has 0 bridgehead atoms. The molecule has 2 aliphatic rings. The molecule has 27 heavy (non-hydrogen) atoms. The summed E-state index contributed by atoms with van der Waals surface area (Å²) in [6.45, 7) is 1.71. The third-order valence-electron chi connectivity index (χ3n) is 4.53. The summed E-state index contributed by atoms with van der Waals surface area (Å²) in [4.78, 5) is 15.9. The van der Waals surface area contributed by atoms with Crippen LogP contribution in [0.25, 0.3) is 11.3 Å². The van der Waals surface area contributed by atoms with Gasteiger partial charge in [0.25, 0.3) is 5.91 Å². The van der Waals surface area contributed by atoms with Gasteiger partial charge in [0.15, 0.2) is 23.0 Å². The number of amides is 1. The van der Waals surface area contributed by atoms with E-state index in [1.165, 1.54) is 0 Å². The van der Waals surface area contributed by atoms with Crippen LogP contribution in [0.4, 0.5) is 5.69 Å². The number of ether oxygens (including phenoxy) is 2. The maximum Gasteiger partial charge on any atom is 0.280 e. The summed E-state index contributed by atoms with van der Waals surface area (Å²) < 4.78 is 16.6. The monoisotopic (exact) mass is 380 g/mol. The van der Waals surface area contributed by atoms with Crippen LogP contribution in [0, 0.1) is 0 Å². The highest BCUT2D eigenvalue weighted by Crippen LogP contribution is 2.36. The Morgan fingerprint density at radius 2 is 1.89 bits per heavy atom. The maximum atomic E-state index is 13.0. The lowest BCUT2D eigenvalue weighted by Crippen LogP contribution is -2.35.